The summed E-state index contributed by atoms with van der Waals surface area (Å²) >= 11 is 0. The topological polar surface area (TPSA) is 0 Å². The van der Waals surface area contributed by atoms with Crippen molar-refractivity contribution in [2.75, 3.05) is 0 Å². The molecule has 730 valence electrons. The summed E-state index contributed by atoms with van der Waals surface area (Å²) in [5, 5.41) is 0. The molecule has 0 spiro atoms. The second-order valence-corrected chi connectivity index (χ2v) is 39.9. The van der Waals surface area contributed by atoms with E-state index >= 15 is 0 Å². The SMILES string of the molecule is C1CC1.C1CC2CC1C1C3CCC(C3)C21.C1CC2CC3CC1C2C3.C1CC2CCC1C2.C1CC2CCC1C2.C1CCC1.C1CCC2C(C1)CCC1C3CCCC3CCC21.C1CCCC1.C1CCCCC1.C1CCCCCC1.C1CCCCCCC1.C1CCCCCCCCCCC1.CC.CC.CC.CC.CC.CC.CC.CC.CC.CC.CC.CC. The predicted octanol–water partition coefficient (Wildman–Crippen LogP) is 44.8. The lowest BCUT2D eigenvalue weighted by Gasteiger charge is -2.51. The van der Waals surface area contributed by atoms with Crippen LogP contribution in [0.5, 0.6) is 0 Å². The Hall–Kier alpha value is 0. The third-order valence-electron chi connectivity index (χ3n) is 32.8. The van der Waals surface area contributed by atoms with Gasteiger partial charge in [-0.15, -0.1) is 0 Å². The van der Waals surface area contributed by atoms with E-state index in [0.717, 1.165) is 11.8 Å². The summed E-state index contributed by atoms with van der Waals surface area (Å²) in [4.78, 5) is 0. The minimum absolute atomic E-state index is 1.16. The highest BCUT2D eigenvalue weighted by atomic mass is 14.6. The van der Waals surface area contributed by atoms with Crippen molar-refractivity contribution in [2.24, 2.45) is 118 Å². The van der Waals surface area contributed by atoms with Crippen LogP contribution >= 0.6 is 0 Å². The van der Waals surface area contributed by atoms with E-state index in [1.165, 1.54) is 395 Å². The Morgan fingerprint density at radius 3 is 0.446 bits per heavy atom. The van der Waals surface area contributed by atoms with Gasteiger partial charge in [-0.25, -0.2) is 0 Å². The van der Waals surface area contributed by atoms with Crippen LogP contribution in [-0.2, 0) is 0 Å². The zero-order valence-electron chi connectivity index (χ0n) is 90.0. The van der Waals surface area contributed by atoms with Gasteiger partial charge in [-0.2, -0.15) is 0 Å². The van der Waals surface area contributed by atoms with Crippen LogP contribution in [-0.4, -0.2) is 0 Å². The molecule has 22 aliphatic carbocycles. The Labute approximate surface area is 774 Å². The smallest absolute Gasteiger partial charge is 0.0323 e. The lowest BCUT2D eigenvalue weighted by atomic mass is 9.54. The maximum atomic E-state index is 2.00. The van der Waals surface area contributed by atoms with Gasteiger partial charge in [0, 0.05) is 0 Å². The number of fused-ring (bicyclic) bond motifs is 19. The maximum absolute atomic E-state index is 2.00. The molecule has 22 saturated carbocycles. The quantitative estimate of drug-likeness (QED) is 0.168. The van der Waals surface area contributed by atoms with Gasteiger partial charge in [0.25, 0.3) is 0 Å². The van der Waals surface area contributed by atoms with Crippen molar-refractivity contribution >= 4 is 0 Å². The van der Waals surface area contributed by atoms with E-state index in [1.54, 1.807) is 205 Å². The van der Waals surface area contributed by atoms with Crippen LogP contribution in [0.4, 0.5) is 0 Å². The standard InChI is InChI=1S/C17H28.C12H18.C12H24.C9H14.C8H16.2C7H12.C7H14.C6H12.C5H10.C4H8.C3H6.12C2H6/c1-2-6-14-12(4-1)8-10-17-15-7-3-5-13(15)9-11-16(14)17;1-2-8-5-7(1)11-9-3-4-10(6-9)12(8)11;1-2-4-6-8-10-12-11-9-7-5-3-1;1-2-8-4-6-3-7(1)9(8)5-6;1-2-4-6-8-7-5-3-1;2*1-2-7-4-3-6(1)5-7;1-2-4-6-7-5-3-1;1-2-4-6-5-3-1;1-2-4-5-3-1;1-2-4-3-1;1-2-3-1;12*1-2/h12-17H,1-11H2;7-12H,1-6H2;1-12H2;6-9H,1-5H2;1-8H2;2*6-7H,1-5H2;1-7H2;1-6H2;1-5H2;1-4H2;1-3H2;12*1-2H3. The molecule has 0 amide bonds. The molecule has 0 nitrogen and oxygen atoms in total. The highest BCUT2D eigenvalue weighted by molar-refractivity contribution is 5.08. The van der Waals surface area contributed by atoms with E-state index in [2.05, 4.69) is 0 Å². The summed E-state index contributed by atoms with van der Waals surface area (Å²) in [7, 11) is 0. The minimum atomic E-state index is 1.16. The molecule has 12 unspecified atom stereocenters. The Bertz CT molecular complexity index is 1700. The van der Waals surface area contributed by atoms with Crippen molar-refractivity contribution in [2.45, 2.75) is 661 Å². The zero-order chi connectivity index (χ0) is 90.0. The number of rotatable bonds is 0. The fourth-order valence-electron chi connectivity index (χ4n) is 27.0. The monoisotopic (exact) mass is 1700 g/mol. The first-order chi connectivity index (χ1) is 60.2. The Balaban J connectivity index is 0. The van der Waals surface area contributed by atoms with Crippen molar-refractivity contribution < 1.29 is 0 Å². The summed E-state index contributed by atoms with van der Waals surface area (Å²) in [5.41, 5.74) is 0. The van der Waals surface area contributed by atoms with Gasteiger partial charge in [-0.1, -0.05) is 539 Å². The summed E-state index contributed by atoms with van der Waals surface area (Å²) in [6.45, 7) is 48.0. The molecule has 0 aromatic heterocycles. The summed E-state index contributed by atoms with van der Waals surface area (Å²) < 4.78 is 0. The molecule has 0 aromatic rings. The van der Waals surface area contributed by atoms with Crippen LogP contribution in [0.25, 0.3) is 0 Å². The van der Waals surface area contributed by atoms with Gasteiger partial charge in [0.2, 0.25) is 0 Å². The van der Waals surface area contributed by atoms with Crippen LogP contribution in [0.1, 0.15) is 661 Å². The first kappa shape index (κ1) is 123. The predicted molar refractivity (Wildman–Crippen MR) is 561 cm³/mol. The van der Waals surface area contributed by atoms with Crippen molar-refractivity contribution in [3.8, 4) is 0 Å². The van der Waals surface area contributed by atoms with Crippen LogP contribution in [0.15, 0.2) is 0 Å². The Morgan fingerprint density at radius 2 is 0.264 bits per heavy atom. The zero-order valence-corrected chi connectivity index (χ0v) is 90.0. The highest BCUT2D eigenvalue weighted by Crippen LogP contribution is 2.67. The van der Waals surface area contributed by atoms with E-state index in [1.807, 2.05) is 166 Å². The van der Waals surface area contributed by atoms with Gasteiger partial charge in [0.1, 0.15) is 0 Å². The summed E-state index contributed by atoms with van der Waals surface area (Å²) in [6, 6.07) is 0. The van der Waals surface area contributed by atoms with Gasteiger partial charge < -0.3 is 0 Å². The van der Waals surface area contributed by atoms with E-state index in [9.17, 15) is 0 Å². The molecule has 0 radical (unpaired) electrons. The summed E-state index contributed by atoms with van der Waals surface area (Å²) in [5.74, 6) is 23.8. The Morgan fingerprint density at radius 1 is 0.0909 bits per heavy atom. The van der Waals surface area contributed by atoms with Crippen LogP contribution in [0.3, 0.4) is 0 Å². The van der Waals surface area contributed by atoms with Crippen molar-refractivity contribution in [1.82, 2.24) is 0 Å². The first-order valence-corrected chi connectivity index (χ1v) is 60.2. The molecular weight excluding hydrogens is 1450 g/mol. The molecule has 0 heteroatoms. The molecule has 22 rings (SSSR count). The molecule has 0 heterocycles. The largest absolute Gasteiger partial charge is 0.0683 e. The maximum Gasteiger partial charge on any atom is -0.0323 e. The van der Waals surface area contributed by atoms with Crippen LogP contribution in [0.2, 0.25) is 0 Å². The minimum Gasteiger partial charge on any atom is -0.0683 e. The van der Waals surface area contributed by atoms with Crippen molar-refractivity contribution in [3.05, 3.63) is 0 Å². The second-order valence-electron chi connectivity index (χ2n) is 39.9. The van der Waals surface area contributed by atoms with Crippen molar-refractivity contribution in [1.29, 1.82) is 0 Å². The molecule has 12 atom stereocenters. The normalized spacial score (nSPS) is 33.7. The average Bonchev–Trinajstić information content (AvgIpc) is 1.57. The van der Waals surface area contributed by atoms with Crippen LogP contribution in [0, 0.1) is 118 Å². The van der Waals surface area contributed by atoms with Crippen molar-refractivity contribution in [3.63, 3.8) is 0 Å². The van der Waals surface area contributed by atoms with Gasteiger partial charge in [-0.05, 0) is 240 Å². The van der Waals surface area contributed by atoms with Gasteiger partial charge in [0.15, 0.2) is 0 Å². The summed E-state index contributed by atoms with van der Waals surface area (Å²) in [6.07, 6.45) is 118. The molecule has 10 bridgehead atoms. The number of hydrogen-bond donors (Lipinski definition) is 0. The molecule has 0 aliphatic heterocycles. The fourth-order valence-corrected chi connectivity index (χ4v) is 27.0. The van der Waals surface area contributed by atoms with E-state index < -0.39 is 0 Å². The van der Waals surface area contributed by atoms with E-state index in [0.29, 0.717) is 0 Å². The molecule has 0 N–H and O–H groups in total. The Kier molecular flexibility index (Phi) is 92.1. The molecule has 0 aromatic carbocycles. The lowest BCUT2D eigenvalue weighted by Crippen LogP contribution is -2.43. The molecular formula is C121H246. The molecule has 0 saturated heterocycles. The highest BCUT2D eigenvalue weighted by Gasteiger charge is 2.59. The third kappa shape index (κ3) is 53.3. The average molecular weight is 1700 g/mol. The van der Waals surface area contributed by atoms with Gasteiger partial charge in [-0.3, -0.25) is 0 Å². The van der Waals surface area contributed by atoms with Gasteiger partial charge >= 0.3 is 0 Å². The molecule has 22 fully saturated rings. The number of hydrogen-bond acceptors (Lipinski definition) is 0. The van der Waals surface area contributed by atoms with Gasteiger partial charge in [0.05, 0.1) is 0 Å². The fraction of sp³-hybridized carbons (Fsp3) is 1.00. The second kappa shape index (κ2) is 90.5. The third-order valence-corrected chi connectivity index (χ3v) is 32.8. The van der Waals surface area contributed by atoms with Crippen LogP contribution < -0.4 is 0 Å². The van der Waals surface area contributed by atoms with E-state index in [-0.39, 0.29) is 0 Å². The lowest BCUT2D eigenvalue weighted by molar-refractivity contribution is -0.0184. The molecule has 121 heavy (non-hydrogen) atoms. The van der Waals surface area contributed by atoms with E-state index in [4.69, 9.17) is 0 Å². The molecule has 22 aliphatic rings. The first-order valence-electron chi connectivity index (χ1n) is 60.2.